The molecular formula is C19H13ClF3N3O3. The fraction of sp³-hybridized carbons (Fsp3) is 0.158. The molecule has 0 aliphatic rings. The molecule has 0 atom stereocenters. The second kappa shape index (κ2) is 8.04. The molecule has 1 amide bonds. The van der Waals surface area contributed by atoms with Crippen LogP contribution in [0.2, 0.25) is 5.02 Å². The second-order valence-electron chi connectivity index (χ2n) is 6.00. The molecule has 3 rings (SSSR count). The highest BCUT2D eigenvalue weighted by atomic mass is 35.5. The van der Waals surface area contributed by atoms with E-state index in [1.54, 1.807) is 31.2 Å². The molecule has 10 heteroatoms. The van der Waals surface area contributed by atoms with Crippen LogP contribution in [-0.2, 0) is 15.7 Å². The smallest absolute Gasteiger partial charge is 0.417 e. The van der Waals surface area contributed by atoms with Crippen molar-refractivity contribution in [3.8, 4) is 0 Å². The number of hydrogen-bond acceptors (Lipinski definition) is 5. The van der Waals surface area contributed by atoms with E-state index in [-0.39, 0.29) is 11.4 Å². The molecule has 0 aliphatic carbocycles. The summed E-state index contributed by atoms with van der Waals surface area (Å²) in [4.78, 5) is 32.2. The van der Waals surface area contributed by atoms with E-state index >= 15 is 0 Å². The number of aryl methyl sites for hydroxylation is 1. The average molecular weight is 424 g/mol. The molecule has 150 valence electrons. The van der Waals surface area contributed by atoms with Crippen LogP contribution in [0.4, 0.5) is 19.0 Å². The van der Waals surface area contributed by atoms with Crippen LogP contribution in [0, 0.1) is 6.92 Å². The van der Waals surface area contributed by atoms with Gasteiger partial charge in [0.1, 0.15) is 0 Å². The minimum atomic E-state index is -4.61. The van der Waals surface area contributed by atoms with Crippen molar-refractivity contribution in [2.24, 2.45) is 0 Å². The molecule has 0 bridgehead atoms. The van der Waals surface area contributed by atoms with Gasteiger partial charge >= 0.3 is 12.1 Å². The van der Waals surface area contributed by atoms with Crippen molar-refractivity contribution in [2.45, 2.75) is 13.1 Å². The minimum absolute atomic E-state index is 0.242. The predicted molar refractivity (Wildman–Crippen MR) is 99.6 cm³/mol. The number of benzene rings is 1. The van der Waals surface area contributed by atoms with Gasteiger partial charge < -0.3 is 10.1 Å². The molecule has 2 aromatic heterocycles. The molecular weight excluding hydrogens is 411 g/mol. The first kappa shape index (κ1) is 20.5. The molecule has 0 saturated heterocycles. The molecule has 29 heavy (non-hydrogen) atoms. The topological polar surface area (TPSA) is 81.2 Å². The first-order chi connectivity index (χ1) is 13.6. The number of amides is 1. The zero-order valence-corrected chi connectivity index (χ0v) is 15.6. The van der Waals surface area contributed by atoms with Crippen LogP contribution in [-0.4, -0.2) is 28.5 Å². The number of fused-ring (bicyclic) bond motifs is 1. The summed E-state index contributed by atoms with van der Waals surface area (Å²) in [6.45, 7) is 1.04. The zero-order chi connectivity index (χ0) is 21.2. The largest absolute Gasteiger partial charge is 0.452 e. The monoisotopic (exact) mass is 423 g/mol. The molecule has 0 radical (unpaired) electrons. The maximum Gasteiger partial charge on any atom is 0.417 e. The zero-order valence-electron chi connectivity index (χ0n) is 14.9. The number of alkyl halides is 3. The van der Waals surface area contributed by atoms with Gasteiger partial charge in [-0.25, -0.2) is 9.78 Å². The van der Waals surface area contributed by atoms with E-state index in [1.165, 1.54) is 6.07 Å². The highest BCUT2D eigenvalue weighted by molar-refractivity contribution is 6.33. The van der Waals surface area contributed by atoms with Gasteiger partial charge in [0.15, 0.2) is 12.4 Å². The van der Waals surface area contributed by atoms with Crippen LogP contribution in [0.1, 0.15) is 21.6 Å². The predicted octanol–water partition coefficient (Wildman–Crippen LogP) is 4.41. The van der Waals surface area contributed by atoms with Crippen LogP contribution < -0.4 is 5.32 Å². The van der Waals surface area contributed by atoms with Crippen molar-refractivity contribution >= 4 is 40.2 Å². The van der Waals surface area contributed by atoms with Crippen molar-refractivity contribution < 1.29 is 27.5 Å². The summed E-state index contributed by atoms with van der Waals surface area (Å²) in [6, 6.07) is 9.13. The van der Waals surface area contributed by atoms with E-state index in [0.29, 0.717) is 28.9 Å². The highest BCUT2D eigenvalue weighted by Crippen LogP contribution is 2.32. The maximum absolute atomic E-state index is 12.6. The van der Waals surface area contributed by atoms with Crippen LogP contribution in [0.15, 0.2) is 42.6 Å². The number of rotatable bonds is 4. The van der Waals surface area contributed by atoms with Crippen LogP contribution in [0.25, 0.3) is 10.9 Å². The first-order valence-electron chi connectivity index (χ1n) is 8.21. The lowest BCUT2D eigenvalue weighted by atomic mass is 10.1. The number of anilines is 1. The summed E-state index contributed by atoms with van der Waals surface area (Å²) in [5, 5.41) is 2.38. The summed E-state index contributed by atoms with van der Waals surface area (Å²) in [5.41, 5.74) is 0.393. The van der Waals surface area contributed by atoms with E-state index in [4.69, 9.17) is 16.3 Å². The summed E-state index contributed by atoms with van der Waals surface area (Å²) >= 11 is 5.73. The number of hydrogen-bond donors (Lipinski definition) is 1. The van der Waals surface area contributed by atoms with Crippen molar-refractivity contribution in [1.82, 2.24) is 9.97 Å². The van der Waals surface area contributed by atoms with E-state index in [0.717, 1.165) is 0 Å². The summed E-state index contributed by atoms with van der Waals surface area (Å²) in [7, 11) is 0. The third kappa shape index (κ3) is 4.80. The third-order valence-corrected chi connectivity index (χ3v) is 4.11. The Morgan fingerprint density at radius 3 is 2.62 bits per heavy atom. The Morgan fingerprint density at radius 1 is 1.21 bits per heavy atom. The number of halogens is 4. The average Bonchev–Trinajstić information content (AvgIpc) is 2.66. The van der Waals surface area contributed by atoms with Crippen molar-refractivity contribution in [3.05, 3.63) is 64.4 Å². The van der Waals surface area contributed by atoms with Crippen molar-refractivity contribution in [2.75, 3.05) is 11.9 Å². The lowest BCUT2D eigenvalue weighted by Gasteiger charge is -2.11. The second-order valence-corrected chi connectivity index (χ2v) is 6.41. The molecule has 0 spiro atoms. The fourth-order valence-corrected chi connectivity index (χ4v) is 2.75. The first-order valence-corrected chi connectivity index (χ1v) is 8.59. The lowest BCUT2D eigenvalue weighted by molar-refractivity contribution is -0.137. The molecule has 2 heterocycles. The molecule has 1 N–H and O–H groups in total. The maximum atomic E-state index is 12.6. The molecule has 3 aromatic rings. The Morgan fingerprint density at radius 2 is 1.93 bits per heavy atom. The number of carbonyl (C=O) groups is 2. The molecule has 6 nitrogen and oxygen atoms in total. The lowest BCUT2D eigenvalue weighted by Crippen LogP contribution is -2.22. The summed E-state index contributed by atoms with van der Waals surface area (Å²) in [6.07, 6.45) is -4.07. The molecule has 0 aliphatic heterocycles. The van der Waals surface area contributed by atoms with Crippen LogP contribution >= 0.6 is 11.6 Å². The summed E-state index contributed by atoms with van der Waals surface area (Å²) < 4.78 is 42.9. The van der Waals surface area contributed by atoms with Gasteiger partial charge in [0.2, 0.25) is 0 Å². The Kier molecular flexibility index (Phi) is 5.69. The number of nitrogens with zero attached hydrogens (tertiary/aromatic N) is 2. The molecule has 0 unspecified atom stereocenters. The number of para-hydroxylation sites is 1. The van der Waals surface area contributed by atoms with Gasteiger partial charge in [0.25, 0.3) is 5.91 Å². The van der Waals surface area contributed by atoms with Gasteiger partial charge in [-0.15, -0.1) is 0 Å². The standard InChI is InChI=1S/C19H13ClF3N3O3/c1-10-6-13(12-4-2-3-5-15(12)25-10)18(28)29-9-16(27)26-17-14(20)7-11(8-24-17)19(21,22)23/h2-8H,9H2,1H3,(H,24,26,27). The molecule has 1 aromatic carbocycles. The van der Waals surface area contributed by atoms with E-state index < -0.39 is 35.2 Å². The highest BCUT2D eigenvalue weighted by Gasteiger charge is 2.31. The number of esters is 1. The molecule has 0 saturated carbocycles. The van der Waals surface area contributed by atoms with Crippen molar-refractivity contribution in [3.63, 3.8) is 0 Å². The quantitative estimate of drug-likeness (QED) is 0.629. The SMILES string of the molecule is Cc1cc(C(=O)OCC(=O)Nc2ncc(C(F)(F)F)cc2Cl)c2ccccc2n1. The van der Waals surface area contributed by atoms with E-state index in [2.05, 4.69) is 15.3 Å². The number of pyridine rings is 2. The minimum Gasteiger partial charge on any atom is -0.452 e. The Hall–Kier alpha value is -3.20. The molecule has 0 fully saturated rings. The third-order valence-electron chi connectivity index (χ3n) is 3.82. The van der Waals surface area contributed by atoms with Crippen LogP contribution in [0.3, 0.4) is 0 Å². The van der Waals surface area contributed by atoms with Gasteiger partial charge in [-0.3, -0.25) is 9.78 Å². The fourth-order valence-electron chi connectivity index (χ4n) is 2.54. The van der Waals surface area contributed by atoms with Gasteiger partial charge in [0.05, 0.1) is 21.7 Å². The number of carbonyl (C=O) groups excluding carboxylic acids is 2. The van der Waals surface area contributed by atoms with Gasteiger partial charge in [-0.1, -0.05) is 29.8 Å². The number of ether oxygens (including phenoxy) is 1. The van der Waals surface area contributed by atoms with Gasteiger partial charge in [-0.2, -0.15) is 13.2 Å². The Balaban J connectivity index is 1.68. The normalized spacial score (nSPS) is 11.3. The number of nitrogens with one attached hydrogen (secondary N) is 1. The van der Waals surface area contributed by atoms with Crippen molar-refractivity contribution in [1.29, 1.82) is 0 Å². The Bertz CT molecular complexity index is 1100. The van der Waals surface area contributed by atoms with E-state index in [1.807, 2.05) is 0 Å². The van der Waals surface area contributed by atoms with E-state index in [9.17, 15) is 22.8 Å². The van der Waals surface area contributed by atoms with Gasteiger partial charge in [-0.05, 0) is 25.1 Å². The van der Waals surface area contributed by atoms with Crippen LogP contribution in [0.5, 0.6) is 0 Å². The number of aromatic nitrogens is 2. The Labute approximate surface area is 167 Å². The summed E-state index contributed by atoms with van der Waals surface area (Å²) in [5.74, 6) is -1.82. The van der Waals surface area contributed by atoms with Gasteiger partial charge in [0, 0.05) is 17.3 Å².